The Morgan fingerprint density at radius 3 is 2.72 bits per heavy atom. The van der Waals surface area contributed by atoms with Crippen molar-refractivity contribution in [2.45, 2.75) is 24.8 Å². The lowest BCUT2D eigenvalue weighted by Gasteiger charge is -2.32. The van der Waals surface area contributed by atoms with Gasteiger partial charge in [0, 0.05) is 36.1 Å². The molecule has 1 unspecified atom stereocenters. The Morgan fingerprint density at radius 2 is 2.00 bits per heavy atom. The van der Waals surface area contributed by atoms with E-state index in [9.17, 15) is 8.42 Å². The molecule has 152 valence electrons. The molecule has 1 fully saturated rings. The van der Waals surface area contributed by atoms with Gasteiger partial charge in [0.25, 0.3) is 0 Å². The number of ether oxygens (including phenoxy) is 1. The third-order valence-electron chi connectivity index (χ3n) is 4.72. The highest BCUT2D eigenvalue weighted by molar-refractivity contribution is 7.89. The minimum absolute atomic E-state index is 0.104. The van der Waals surface area contributed by atoms with Crippen LogP contribution in [0.4, 0.5) is 0 Å². The van der Waals surface area contributed by atoms with Crippen molar-refractivity contribution in [2.24, 2.45) is 0 Å². The van der Waals surface area contributed by atoms with Crippen LogP contribution >= 0.6 is 11.6 Å². The van der Waals surface area contributed by atoms with Crippen LogP contribution in [0.15, 0.2) is 46.1 Å². The summed E-state index contributed by atoms with van der Waals surface area (Å²) in [6.45, 7) is 3.78. The predicted octanol–water partition coefficient (Wildman–Crippen LogP) is 3.16. The summed E-state index contributed by atoms with van der Waals surface area (Å²) in [5.41, 5.74) is 2.30. The molecule has 0 bridgehead atoms. The van der Waals surface area contributed by atoms with Gasteiger partial charge in [-0.2, -0.15) is 4.31 Å². The molecule has 0 spiro atoms. The first-order chi connectivity index (χ1) is 13.9. The summed E-state index contributed by atoms with van der Waals surface area (Å²) in [6, 6.07) is 7.26. The third-order valence-corrected chi connectivity index (χ3v) is 7.07. The predicted molar refractivity (Wildman–Crippen MR) is 106 cm³/mol. The maximum atomic E-state index is 13.2. The molecule has 1 saturated heterocycles. The van der Waals surface area contributed by atoms with E-state index in [2.05, 4.69) is 15.1 Å². The lowest BCUT2D eigenvalue weighted by atomic mass is 10.1. The van der Waals surface area contributed by atoms with Crippen LogP contribution in [0.5, 0.6) is 0 Å². The van der Waals surface area contributed by atoms with Crippen molar-refractivity contribution in [1.29, 1.82) is 0 Å². The van der Waals surface area contributed by atoms with Crippen LogP contribution in [0.2, 0.25) is 5.02 Å². The van der Waals surface area contributed by atoms with Gasteiger partial charge in [-0.25, -0.2) is 8.42 Å². The summed E-state index contributed by atoms with van der Waals surface area (Å²) < 4.78 is 38.7. The van der Waals surface area contributed by atoms with E-state index in [4.69, 9.17) is 20.9 Å². The van der Waals surface area contributed by atoms with Gasteiger partial charge in [0.1, 0.15) is 16.7 Å². The maximum absolute atomic E-state index is 13.2. The van der Waals surface area contributed by atoms with E-state index in [1.165, 1.54) is 4.31 Å². The van der Waals surface area contributed by atoms with E-state index in [1.54, 1.807) is 38.4 Å². The van der Waals surface area contributed by atoms with Gasteiger partial charge in [-0.15, -0.1) is 0 Å². The van der Waals surface area contributed by atoms with Crippen molar-refractivity contribution in [2.75, 3.05) is 19.7 Å². The van der Waals surface area contributed by atoms with Crippen molar-refractivity contribution >= 4 is 21.6 Å². The van der Waals surface area contributed by atoms with E-state index in [1.807, 2.05) is 12.1 Å². The molecule has 0 aliphatic carbocycles. The SMILES string of the molecule is Cc1noc(C)c1S(=O)(=O)N1CCOC(c2nccnc2-c2cccc(Cl)c2)C1. The number of morpholine rings is 1. The zero-order chi connectivity index (χ0) is 20.6. The average Bonchev–Trinajstić information content (AvgIpc) is 3.07. The Hall–Kier alpha value is -2.33. The number of aryl methyl sites for hydroxylation is 2. The molecule has 0 amide bonds. The van der Waals surface area contributed by atoms with Crippen LogP contribution in [-0.2, 0) is 14.8 Å². The lowest BCUT2D eigenvalue weighted by molar-refractivity contribution is -0.00480. The summed E-state index contributed by atoms with van der Waals surface area (Å²) in [5, 5.41) is 4.34. The van der Waals surface area contributed by atoms with Crippen LogP contribution in [0.25, 0.3) is 11.3 Å². The second-order valence-corrected chi connectivity index (χ2v) is 8.99. The Labute approximate surface area is 173 Å². The fourth-order valence-corrected chi connectivity index (χ4v) is 5.33. The lowest BCUT2D eigenvalue weighted by Crippen LogP contribution is -2.42. The number of nitrogens with zero attached hydrogens (tertiary/aromatic N) is 4. The normalized spacial score (nSPS) is 18.1. The van der Waals surface area contributed by atoms with E-state index >= 15 is 0 Å². The molecule has 29 heavy (non-hydrogen) atoms. The smallest absolute Gasteiger partial charge is 0.248 e. The minimum atomic E-state index is -3.78. The Morgan fingerprint density at radius 1 is 1.21 bits per heavy atom. The average molecular weight is 435 g/mol. The van der Waals surface area contributed by atoms with Gasteiger partial charge in [-0.05, 0) is 26.0 Å². The number of hydrogen-bond acceptors (Lipinski definition) is 7. The molecule has 10 heteroatoms. The van der Waals surface area contributed by atoms with Crippen LogP contribution < -0.4 is 0 Å². The topological polar surface area (TPSA) is 98.4 Å². The first-order valence-corrected chi connectivity index (χ1v) is 10.8. The summed E-state index contributed by atoms with van der Waals surface area (Å²) in [5.74, 6) is 0.268. The van der Waals surface area contributed by atoms with Gasteiger partial charge in [0.2, 0.25) is 10.0 Å². The van der Waals surface area contributed by atoms with Gasteiger partial charge < -0.3 is 9.26 Å². The molecule has 0 saturated carbocycles. The monoisotopic (exact) mass is 434 g/mol. The van der Waals surface area contributed by atoms with Crippen molar-refractivity contribution in [3.8, 4) is 11.3 Å². The Balaban J connectivity index is 1.68. The van der Waals surface area contributed by atoms with Gasteiger partial charge in [0.15, 0.2) is 5.76 Å². The van der Waals surface area contributed by atoms with Crippen molar-refractivity contribution in [3.63, 3.8) is 0 Å². The highest BCUT2D eigenvalue weighted by atomic mass is 35.5. The molecule has 0 N–H and O–H groups in total. The largest absolute Gasteiger partial charge is 0.369 e. The number of rotatable bonds is 4. The summed E-state index contributed by atoms with van der Waals surface area (Å²) in [6.07, 6.45) is 2.58. The van der Waals surface area contributed by atoms with Crippen molar-refractivity contribution in [1.82, 2.24) is 19.4 Å². The minimum Gasteiger partial charge on any atom is -0.369 e. The Bertz CT molecular complexity index is 1130. The fraction of sp³-hybridized carbons (Fsp3) is 0.316. The van der Waals surface area contributed by atoms with E-state index in [0.717, 1.165) is 5.56 Å². The van der Waals surface area contributed by atoms with Gasteiger partial charge >= 0.3 is 0 Å². The number of aromatic nitrogens is 3. The molecule has 1 atom stereocenters. The number of sulfonamides is 1. The molecule has 8 nitrogen and oxygen atoms in total. The van der Waals surface area contributed by atoms with Crippen LogP contribution in [0.1, 0.15) is 23.3 Å². The molecule has 3 heterocycles. The molecule has 3 aromatic rings. The van der Waals surface area contributed by atoms with Crippen LogP contribution in [-0.4, -0.2) is 47.5 Å². The molecule has 1 aliphatic rings. The summed E-state index contributed by atoms with van der Waals surface area (Å²) >= 11 is 6.12. The molecule has 0 radical (unpaired) electrons. The zero-order valence-electron chi connectivity index (χ0n) is 15.9. The molecule has 1 aromatic carbocycles. The van der Waals surface area contributed by atoms with Crippen molar-refractivity contribution in [3.05, 3.63) is 58.8 Å². The van der Waals surface area contributed by atoms with Crippen LogP contribution in [0.3, 0.4) is 0 Å². The quantitative estimate of drug-likeness (QED) is 0.621. The van der Waals surface area contributed by atoms with Gasteiger partial charge in [-0.1, -0.05) is 28.9 Å². The van der Waals surface area contributed by atoms with Crippen LogP contribution in [0, 0.1) is 13.8 Å². The Kier molecular flexibility index (Phi) is 5.39. The van der Waals surface area contributed by atoms with Crippen molar-refractivity contribution < 1.29 is 17.7 Å². The van der Waals surface area contributed by atoms with E-state index < -0.39 is 16.1 Å². The number of halogens is 1. The highest BCUT2D eigenvalue weighted by Crippen LogP contribution is 2.32. The van der Waals surface area contributed by atoms with Gasteiger partial charge in [0.05, 0.1) is 18.0 Å². The fourth-order valence-electron chi connectivity index (χ4n) is 3.42. The maximum Gasteiger partial charge on any atom is 0.248 e. The van der Waals surface area contributed by atoms with E-state index in [-0.39, 0.29) is 30.4 Å². The van der Waals surface area contributed by atoms with E-state index in [0.29, 0.717) is 22.1 Å². The molecule has 4 rings (SSSR count). The highest BCUT2D eigenvalue weighted by Gasteiger charge is 2.36. The molecule has 1 aliphatic heterocycles. The number of benzene rings is 1. The summed E-state index contributed by atoms with van der Waals surface area (Å²) in [7, 11) is -3.78. The standard InChI is InChI=1S/C19H19ClN4O4S/c1-12-19(13(2)28-23-12)29(25,26)24-8-9-27-16(11-24)18-17(21-6-7-22-18)14-4-3-5-15(20)10-14/h3-7,10,16H,8-9,11H2,1-2H3. The second-order valence-electron chi connectivity index (χ2n) is 6.68. The van der Waals surface area contributed by atoms with Gasteiger partial charge in [-0.3, -0.25) is 9.97 Å². The molecule has 2 aromatic heterocycles. The third kappa shape index (κ3) is 3.78. The number of hydrogen-bond donors (Lipinski definition) is 0. The molecular formula is C19H19ClN4O4S. The first-order valence-electron chi connectivity index (χ1n) is 8.99. The zero-order valence-corrected chi connectivity index (χ0v) is 17.4. The first kappa shape index (κ1) is 20.0. The summed E-state index contributed by atoms with van der Waals surface area (Å²) in [4.78, 5) is 8.98. The molecular weight excluding hydrogens is 416 g/mol. The second kappa shape index (κ2) is 7.83.